The summed E-state index contributed by atoms with van der Waals surface area (Å²) in [6.45, 7) is 4.73. The van der Waals surface area contributed by atoms with Gasteiger partial charge in [-0.3, -0.25) is 9.78 Å². The van der Waals surface area contributed by atoms with Crippen molar-refractivity contribution in [2.75, 3.05) is 0 Å². The molecule has 5 heteroatoms. The van der Waals surface area contributed by atoms with Gasteiger partial charge in [0.05, 0.1) is 0 Å². The van der Waals surface area contributed by atoms with E-state index in [1.807, 2.05) is 25.4 Å². The van der Waals surface area contributed by atoms with E-state index in [1.165, 1.54) is 19.3 Å². The van der Waals surface area contributed by atoms with Crippen LogP contribution in [0.25, 0.3) is 0 Å². The Morgan fingerprint density at radius 2 is 2.12 bits per heavy atom. The number of amides is 1. The average Bonchev–Trinajstić information content (AvgIpc) is 3.07. The van der Waals surface area contributed by atoms with Crippen molar-refractivity contribution in [3.8, 4) is 0 Å². The van der Waals surface area contributed by atoms with Crippen molar-refractivity contribution < 1.29 is 4.79 Å². The molecule has 2 aromatic heterocycles. The molecule has 2 heterocycles. The van der Waals surface area contributed by atoms with Crippen molar-refractivity contribution in [2.24, 2.45) is 0 Å². The van der Waals surface area contributed by atoms with Crippen molar-refractivity contribution in [1.29, 1.82) is 0 Å². The van der Waals surface area contributed by atoms with Crippen LogP contribution in [0.3, 0.4) is 0 Å². The van der Waals surface area contributed by atoms with E-state index in [9.17, 15) is 4.79 Å². The lowest BCUT2D eigenvalue weighted by atomic mass is 9.93. The summed E-state index contributed by atoms with van der Waals surface area (Å²) in [4.78, 5) is 23.7. The molecule has 0 saturated heterocycles. The number of nitrogens with zero attached hydrogens (tertiary/aromatic N) is 4. The van der Waals surface area contributed by atoms with Crippen LogP contribution in [0.5, 0.6) is 0 Å². The Morgan fingerprint density at radius 3 is 2.76 bits per heavy atom. The van der Waals surface area contributed by atoms with Gasteiger partial charge in [-0.15, -0.1) is 0 Å². The molecule has 0 spiro atoms. The summed E-state index contributed by atoms with van der Waals surface area (Å²) in [6.07, 6.45) is 13.9. The predicted molar refractivity (Wildman–Crippen MR) is 98.0 cm³/mol. The predicted octanol–water partition coefficient (Wildman–Crippen LogP) is 3.90. The van der Waals surface area contributed by atoms with Crippen molar-refractivity contribution in [3.05, 3.63) is 48.3 Å². The van der Waals surface area contributed by atoms with Crippen LogP contribution in [-0.2, 0) is 11.3 Å². The molecule has 2 aromatic rings. The van der Waals surface area contributed by atoms with E-state index in [1.54, 1.807) is 12.4 Å². The maximum atomic E-state index is 13.1. The summed E-state index contributed by atoms with van der Waals surface area (Å²) in [6, 6.07) is 4.48. The number of rotatable bonds is 6. The Hall–Kier alpha value is -2.17. The molecule has 3 rings (SSSR count). The highest BCUT2D eigenvalue weighted by molar-refractivity contribution is 5.77. The number of aryl methyl sites for hydroxylation is 1. The van der Waals surface area contributed by atoms with Gasteiger partial charge in [0.25, 0.3) is 0 Å². The summed E-state index contributed by atoms with van der Waals surface area (Å²) >= 11 is 0. The molecule has 1 saturated carbocycles. The summed E-state index contributed by atoms with van der Waals surface area (Å²) < 4.78 is 2.08. The van der Waals surface area contributed by atoms with Crippen LogP contribution in [0.2, 0.25) is 0 Å². The van der Waals surface area contributed by atoms with Crippen molar-refractivity contribution in [3.63, 3.8) is 0 Å². The number of hydrogen-bond donors (Lipinski definition) is 0. The first kappa shape index (κ1) is 17.6. The molecule has 0 aliphatic heterocycles. The third-order valence-corrected chi connectivity index (χ3v) is 5.22. The maximum Gasteiger partial charge on any atom is 0.225 e. The van der Waals surface area contributed by atoms with Gasteiger partial charge in [0.15, 0.2) is 0 Å². The van der Waals surface area contributed by atoms with Gasteiger partial charge in [0, 0.05) is 49.8 Å². The number of aromatic nitrogens is 3. The second-order valence-corrected chi connectivity index (χ2v) is 7.11. The molecule has 1 fully saturated rings. The number of imidazole rings is 1. The van der Waals surface area contributed by atoms with Gasteiger partial charge in [0.2, 0.25) is 5.91 Å². The first-order valence-electron chi connectivity index (χ1n) is 9.33. The second kappa shape index (κ2) is 8.28. The molecule has 0 bridgehead atoms. The Kier molecular flexibility index (Phi) is 5.84. The van der Waals surface area contributed by atoms with E-state index in [0.29, 0.717) is 19.0 Å². The Labute approximate surface area is 150 Å². The molecule has 1 aliphatic carbocycles. The van der Waals surface area contributed by atoms with E-state index in [0.717, 1.165) is 24.2 Å². The molecule has 1 amide bonds. The van der Waals surface area contributed by atoms with Gasteiger partial charge in [-0.25, -0.2) is 4.98 Å². The van der Waals surface area contributed by atoms with E-state index < -0.39 is 0 Å². The minimum Gasteiger partial charge on any atom is -0.335 e. The zero-order valence-corrected chi connectivity index (χ0v) is 15.3. The van der Waals surface area contributed by atoms with Crippen LogP contribution < -0.4 is 0 Å². The fourth-order valence-electron chi connectivity index (χ4n) is 3.82. The normalized spacial score (nSPS) is 16.6. The fraction of sp³-hybridized carbons (Fsp3) is 0.550. The average molecular weight is 340 g/mol. The van der Waals surface area contributed by atoms with Crippen LogP contribution in [0.4, 0.5) is 0 Å². The molecular formula is C20H28N4O. The molecule has 0 N–H and O–H groups in total. The van der Waals surface area contributed by atoms with Gasteiger partial charge < -0.3 is 9.47 Å². The maximum absolute atomic E-state index is 13.1. The molecule has 25 heavy (non-hydrogen) atoms. The van der Waals surface area contributed by atoms with Gasteiger partial charge in [0.1, 0.15) is 5.82 Å². The number of carbonyl (C=O) groups is 1. The van der Waals surface area contributed by atoms with Crippen LogP contribution in [-0.4, -0.2) is 31.4 Å². The summed E-state index contributed by atoms with van der Waals surface area (Å²) in [5, 5.41) is 0. The Balaban J connectivity index is 1.73. The largest absolute Gasteiger partial charge is 0.335 e. The standard InChI is InChI=1S/C20H28N4O/c1-16(23-12-11-22-17(23)2)13-20(25)24(19-8-4-3-5-9-19)15-18-7-6-10-21-14-18/h6-7,10-12,14,16,19H,3-5,8-9,13,15H2,1-2H3/t16-/m0/s1. The van der Waals surface area contributed by atoms with E-state index in [2.05, 4.69) is 32.4 Å². The molecule has 134 valence electrons. The second-order valence-electron chi connectivity index (χ2n) is 7.11. The van der Waals surface area contributed by atoms with Crippen LogP contribution in [0.1, 0.15) is 62.9 Å². The lowest BCUT2D eigenvalue weighted by molar-refractivity contribution is -0.135. The Bertz CT molecular complexity index is 676. The van der Waals surface area contributed by atoms with Crippen molar-refractivity contribution in [2.45, 2.75) is 71.0 Å². The number of carbonyl (C=O) groups excluding carboxylic acids is 1. The summed E-state index contributed by atoms with van der Waals surface area (Å²) in [7, 11) is 0. The minimum atomic E-state index is 0.120. The third kappa shape index (κ3) is 4.47. The molecule has 0 radical (unpaired) electrons. The first-order valence-corrected chi connectivity index (χ1v) is 9.33. The minimum absolute atomic E-state index is 0.120. The third-order valence-electron chi connectivity index (χ3n) is 5.22. The molecule has 1 atom stereocenters. The number of hydrogen-bond acceptors (Lipinski definition) is 3. The highest BCUT2D eigenvalue weighted by Crippen LogP contribution is 2.26. The highest BCUT2D eigenvalue weighted by atomic mass is 16.2. The van der Waals surface area contributed by atoms with Gasteiger partial charge in [-0.05, 0) is 38.3 Å². The Morgan fingerprint density at radius 1 is 1.32 bits per heavy atom. The first-order chi connectivity index (χ1) is 12.1. The van der Waals surface area contributed by atoms with Crippen LogP contribution in [0, 0.1) is 6.92 Å². The van der Waals surface area contributed by atoms with Crippen LogP contribution >= 0.6 is 0 Å². The van der Waals surface area contributed by atoms with Crippen molar-refractivity contribution in [1.82, 2.24) is 19.4 Å². The lowest BCUT2D eigenvalue weighted by Gasteiger charge is -2.35. The summed E-state index contributed by atoms with van der Waals surface area (Å²) in [5.41, 5.74) is 1.10. The van der Waals surface area contributed by atoms with Gasteiger partial charge >= 0.3 is 0 Å². The zero-order valence-electron chi connectivity index (χ0n) is 15.3. The summed E-state index contributed by atoms with van der Waals surface area (Å²) in [5.74, 6) is 1.19. The zero-order chi connectivity index (χ0) is 17.6. The fourth-order valence-corrected chi connectivity index (χ4v) is 3.82. The van der Waals surface area contributed by atoms with Gasteiger partial charge in [-0.2, -0.15) is 0 Å². The molecule has 0 unspecified atom stereocenters. The van der Waals surface area contributed by atoms with Crippen LogP contribution in [0.15, 0.2) is 36.9 Å². The van der Waals surface area contributed by atoms with Gasteiger partial charge in [-0.1, -0.05) is 25.3 Å². The van der Waals surface area contributed by atoms with E-state index >= 15 is 0 Å². The smallest absolute Gasteiger partial charge is 0.225 e. The van der Waals surface area contributed by atoms with E-state index in [-0.39, 0.29) is 11.9 Å². The molecular weight excluding hydrogens is 312 g/mol. The number of pyridine rings is 1. The topological polar surface area (TPSA) is 51.0 Å². The lowest BCUT2D eigenvalue weighted by Crippen LogP contribution is -2.41. The van der Waals surface area contributed by atoms with Crippen molar-refractivity contribution >= 4 is 5.91 Å². The highest BCUT2D eigenvalue weighted by Gasteiger charge is 2.27. The molecule has 1 aliphatic rings. The van der Waals surface area contributed by atoms with E-state index in [4.69, 9.17) is 0 Å². The molecule has 0 aromatic carbocycles. The molecule has 5 nitrogen and oxygen atoms in total. The quantitative estimate of drug-likeness (QED) is 0.801. The monoisotopic (exact) mass is 340 g/mol. The SMILES string of the molecule is Cc1nccn1[C@@H](C)CC(=O)N(Cc1cccnc1)C1CCCCC1.